The van der Waals surface area contributed by atoms with E-state index in [1.54, 1.807) is 12.1 Å². The summed E-state index contributed by atoms with van der Waals surface area (Å²) in [5, 5.41) is 3.81. The number of benzene rings is 2. The second kappa shape index (κ2) is 12.4. The molecule has 2 rings (SSSR count). The van der Waals surface area contributed by atoms with Crippen molar-refractivity contribution in [3.63, 3.8) is 0 Å². The molecule has 30 heavy (non-hydrogen) atoms. The molecule has 0 aliphatic carbocycles. The van der Waals surface area contributed by atoms with Crippen molar-refractivity contribution < 1.29 is 28.6 Å². The molecule has 0 N–H and O–H groups in total. The number of hydrogen-bond donors (Lipinski definition) is 0. The quantitative estimate of drug-likeness (QED) is 0.319. The molecule has 0 aromatic heterocycles. The molecule has 0 aliphatic rings. The van der Waals surface area contributed by atoms with Gasteiger partial charge in [-0.1, -0.05) is 47.6 Å². The van der Waals surface area contributed by atoms with Crippen molar-refractivity contribution >= 4 is 17.7 Å². The molecule has 0 saturated carbocycles. The van der Waals surface area contributed by atoms with Gasteiger partial charge in [-0.25, -0.2) is 9.59 Å². The van der Waals surface area contributed by atoms with E-state index >= 15 is 0 Å². The molecule has 1 unspecified atom stereocenters. The number of oxime groups is 1. The van der Waals surface area contributed by atoms with Gasteiger partial charge in [-0.15, -0.1) is 0 Å². The lowest BCUT2D eigenvalue weighted by atomic mass is 9.99. The second-order valence-corrected chi connectivity index (χ2v) is 6.73. The van der Waals surface area contributed by atoms with Crippen LogP contribution >= 0.6 is 0 Å². The van der Waals surface area contributed by atoms with E-state index in [0.717, 1.165) is 11.1 Å². The minimum absolute atomic E-state index is 0.0455. The Morgan fingerprint density at radius 1 is 0.933 bits per heavy atom. The van der Waals surface area contributed by atoms with Crippen LogP contribution in [0.2, 0.25) is 0 Å². The first-order chi connectivity index (χ1) is 14.5. The highest BCUT2D eigenvalue weighted by atomic mass is 16.6. The number of rotatable bonds is 11. The lowest BCUT2D eigenvalue weighted by molar-refractivity contribution is -0.133. The highest BCUT2D eigenvalue weighted by Gasteiger charge is 2.14. The van der Waals surface area contributed by atoms with Gasteiger partial charge in [0.2, 0.25) is 0 Å². The van der Waals surface area contributed by atoms with Gasteiger partial charge in [-0.05, 0) is 36.6 Å². The van der Waals surface area contributed by atoms with Crippen LogP contribution in [-0.4, -0.2) is 45.1 Å². The number of carbonyl (C=O) groups is 2. The molecule has 1 atom stereocenters. The third kappa shape index (κ3) is 7.67. The zero-order chi connectivity index (χ0) is 21.8. The maximum absolute atomic E-state index is 11.8. The van der Waals surface area contributed by atoms with E-state index in [9.17, 15) is 9.59 Å². The Morgan fingerprint density at radius 3 is 2.37 bits per heavy atom. The van der Waals surface area contributed by atoms with Crippen molar-refractivity contribution in [3.8, 4) is 0 Å². The van der Waals surface area contributed by atoms with Crippen molar-refractivity contribution in [1.82, 2.24) is 0 Å². The highest BCUT2D eigenvalue weighted by Crippen LogP contribution is 2.14. The number of hydrogen-bond acceptors (Lipinski definition) is 7. The predicted octanol–water partition coefficient (Wildman–Crippen LogP) is 3.41. The largest absolute Gasteiger partial charge is 0.465 e. The van der Waals surface area contributed by atoms with Crippen LogP contribution in [0.4, 0.5) is 0 Å². The van der Waals surface area contributed by atoms with Gasteiger partial charge in [-0.3, -0.25) is 0 Å². The normalized spacial score (nSPS) is 12.2. The summed E-state index contributed by atoms with van der Waals surface area (Å²) in [6.07, 6.45) is 0.604. The molecule has 0 spiro atoms. The maximum Gasteiger partial charge on any atom is 0.355 e. The average molecular weight is 413 g/mol. The number of ether oxygens (including phenoxy) is 3. The van der Waals surface area contributed by atoms with Gasteiger partial charge >= 0.3 is 11.9 Å². The zero-order valence-electron chi connectivity index (χ0n) is 17.5. The molecule has 2 aromatic carbocycles. The Bertz CT molecular complexity index is 850. The van der Waals surface area contributed by atoms with E-state index < -0.39 is 5.97 Å². The number of carbonyl (C=O) groups excluding carboxylic acids is 2. The number of esters is 2. The molecule has 0 fully saturated rings. The minimum Gasteiger partial charge on any atom is -0.465 e. The molecule has 160 valence electrons. The Balaban J connectivity index is 2.02. The molecule has 0 aliphatic heterocycles. The van der Waals surface area contributed by atoms with Gasteiger partial charge in [-0.2, -0.15) is 0 Å². The molecular formula is C23H27NO6. The van der Waals surface area contributed by atoms with Gasteiger partial charge in [0, 0.05) is 5.92 Å². The fourth-order valence-electron chi connectivity index (χ4n) is 2.78. The first-order valence-corrected chi connectivity index (χ1v) is 9.57. The Labute approximate surface area is 176 Å². The van der Waals surface area contributed by atoms with Gasteiger partial charge < -0.3 is 19.0 Å². The minimum atomic E-state index is -0.544. The molecule has 0 heterocycles. The molecule has 0 saturated heterocycles. The van der Waals surface area contributed by atoms with E-state index in [4.69, 9.17) is 14.3 Å². The van der Waals surface area contributed by atoms with E-state index in [-0.39, 0.29) is 24.2 Å². The molecular weight excluding hydrogens is 386 g/mol. The summed E-state index contributed by atoms with van der Waals surface area (Å²) in [4.78, 5) is 28.6. The van der Waals surface area contributed by atoms with Gasteiger partial charge in [0.05, 0.1) is 33.0 Å². The molecule has 0 amide bonds. The van der Waals surface area contributed by atoms with Gasteiger partial charge in [0.1, 0.15) is 6.61 Å². The van der Waals surface area contributed by atoms with Gasteiger partial charge in [0.25, 0.3) is 0 Å². The van der Waals surface area contributed by atoms with Crippen LogP contribution in [0, 0.1) is 5.92 Å². The van der Waals surface area contributed by atoms with Crippen molar-refractivity contribution in [3.05, 3.63) is 71.3 Å². The Kier molecular flexibility index (Phi) is 9.54. The first-order valence-electron chi connectivity index (χ1n) is 9.57. The third-order valence-corrected chi connectivity index (χ3v) is 4.33. The Hall–Kier alpha value is -3.19. The van der Waals surface area contributed by atoms with E-state index in [2.05, 4.69) is 9.89 Å². The SMILES string of the molecule is COC(=O)/C(C)=N/OCC(COCc1ccccc1)Cc1cccc(C(=O)OC)c1. The van der Waals surface area contributed by atoms with Crippen molar-refractivity contribution in [2.45, 2.75) is 20.0 Å². The predicted molar refractivity (Wildman–Crippen MR) is 112 cm³/mol. The molecule has 0 radical (unpaired) electrons. The molecule has 0 bridgehead atoms. The van der Waals surface area contributed by atoms with Crippen LogP contribution in [-0.2, 0) is 36.9 Å². The summed E-state index contributed by atoms with van der Waals surface area (Å²) < 4.78 is 15.3. The number of methoxy groups -OCH3 is 2. The summed E-state index contributed by atoms with van der Waals surface area (Å²) in [6.45, 7) is 2.66. The van der Waals surface area contributed by atoms with Gasteiger partial charge in [0.15, 0.2) is 5.71 Å². The topological polar surface area (TPSA) is 83.4 Å². The van der Waals surface area contributed by atoms with E-state index in [0.29, 0.717) is 25.2 Å². The summed E-state index contributed by atoms with van der Waals surface area (Å²) in [5.74, 6) is -0.975. The van der Waals surface area contributed by atoms with Crippen molar-refractivity contribution in [1.29, 1.82) is 0 Å². The smallest absolute Gasteiger partial charge is 0.355 e. The summed E-state index contributed by atoms with van der Waals surface area (Å²) >= 11 is 0. The molecule has 7 nitrogen and oxygen atoms in total. The summed E-state index contributed by atoms with van der Waals surface area (Å²) in [5.41, 5.74) is 2.64. The van der Waals surface area contributed by atoms with Crippen molar-refractivity contribution in [2.75, 3.05) is 27.4 Å². The third-order valence-electron chi connectivity index (χ3n) is 4.33. The average Bonchev–Trinajstić information content (AvgIpc) is 2.78. The fourth-order valence-corrected chi connectivity index (χ4v) is 2.78. The summed E-state index contributed by atoms with van der Waals surface area (Å²) in [6, 6.07) is 17.1. The maximum atomic E-state index is 11.8. The van der Waals surface area contributed by atoms with Crippen LogP contribution < -0.4 is 0 Å². The lowest BCUT2D eigenvalue weighted by Crippen LogP contribution is -2.19. The molecule has 7 heteroatoms. The number of nitrogens with zero attached hydrogens (tertiary/aromatic N) is 1. The highest BCUT2D eigenvalue weighted by molar-refractivity contribution is 6.35. The summed E-state index contributed by atoms with van der Waals surface area (Å²) in [7, 11) is 2.64. The van der Waals surface area contributed by atoms with E-state index in [1.807, 2.05) is 42.5 Å². The Morgan fingerprint density at radius 2 is 1.67 bits per heavy atom. The standard InChI is InChI=1S/C23H27NO6/c1-17(22(25)27-2)24-30-16-20(15-29-14-18-8-5-4-6-9-18)12-19-10-7-11-21(13-19)23(26)28-3/h4-11,13,20H,12,14-16H2,1-3H3/b24-17+. The van der Waals surface area contributed by atoms with Crippen LogP contribution in [0.15, 0.2) is 59.8 Å². The van der Waals surface area contributed by atoms with Crippen LogP contribution in [0.3, 0.4) is 0 Å². The van der Waals surface area contributed by atoms with Crippen molar-refractivity contribution in [2.24, 2.45) is 11.1 Å². The van der Waals surface area contributed by atoms with Crippen LogP contribution in [0.1, 0.15) is 28.4 Å². The lowest BCUT2D eigenvalue weighted by Gasteiger charge is -2.17. The van der Waals surface area contributed by atoms with E-state index in [1.165, 1.54) is 21.1 Å². The molecule has 2 aromatic rings. The monoisotopic (exact) mass is 413 g/mol. The first kappa shape index (κ1) is 23.1. The van der Waals surface area contributed by atoms with Crippen LogP contribution in [0.25, 0.3) is 0 Å². The fraction of sp³-hybridized carbons (Fsp3) is 0.348. The van der Waals surface area contributed by atoms with Crippen LogP contribution in [0.5, 0.6) is 0 Å². The second-order valence-electron chi connectivity index (χ2n) is 6.73. The zero-order valence-corrected chi connectivity index (χ0v) is 17.5.